The van der Waals surface area contributed by atoms with Gasteiger partial charge in [0.2, 0.25) is 0 Å². The third kappa shape index (κ3) is 20.5. The highest BCUT2D eigenvalue weighted by atomic mass is 35.5. The Hall–Kier alpha value is -14.3. The molecule has 0 bridgehead atoms. The van der Waals surface area contributed by atoms with Crippen LogP contribution in [-0.2, 0) is 44.8 Å². The summed E-state index contributed by atoms with van der Waals surface area (Å²) in [5, 5.41) is 45.7. The second-order valence-electron chi connectivity index (χ2n) is 38.1. The van der Waals surface area contributed by atoms with Crippen LogP contribution in [0.2, 0.25) is 5.15 Å². The van der Waals surface area contributed by atoms with E-state index in [1.807, 2.05) is 196 Å². The van der Waals surface area contributed by atoms with Crippen molar-refractivity contribution in [3.8, 4) is 44.6 Å². The normalized spacial score (nSPS) is 15.6. The van der Waals surface area contributed by atoms with Crippen LogP contribution < -0.4 is 0 Å². The molecule has 698 valence electrons. The first-order valence-corrected chi connectivity index (χ1v) is 45.1. The molecule has 0 aromatic carbocycles. The molecule has 0 unspecified atom stereocenters. The van der Waals surface area contributed by atoms with Gasteiger partial charge >= 0.3 is 30.5 Å². The van der Waals surface area contributed by atoms with Crippen LogP contribution in [0.5, 0.6) is 0 Å². The molecule has 0 atom stereocenters. The first kappa shape index (κ1) is 90.3. The Kier molecular flexibility index (Phi) is 24.5. The fourth-order valence-electron chi connectivity index (χ4n) is 16.8. The zero-order valence-electron chi connectivity index (χ0n) is 76.4. The summed E-state index contributed by atoms with van der Waals surface area (Å²) in [4.78, 5) is 84.0. The van der Waals surface area contributed by atoms with Crippen molar-refractivity contribution in [2.24, 2.45) is 0 Å². The van der Waals surface area contributed by atoms with Crippen LogP contribution in [-0.4, -0.2) is 246 Å². The maximum atomic E-state index is 13.2. The second-order valence-corrected chi connectivity index (χ2v) is 38.5. The summed E-state index contributed by atoms with van der Waals surface area (Å²) in [5.41, 5.74) is 12.9. The van der Waals surface area contributed by atoms with Crippen LogP contribution in [0.25, 0.3) is 94.7 Å². The Morgan fingerprint density at radius 2 is 0.627 bits per heavy atom. The molecular weight excluding hydrogens is 1750 g/mol. The number of hydrogen-bond acceptors (Lipinski definition) is 24. The molecule has 0 radical (unpaired) electrons. The Morgan fingerprint density at radius 3 is 0.948 bits per heavy atom. The van der Waals surface area contributed by atoms with Gasteiger partial charge in [-0.25, -0.2) is 47.7 Å². The van der Waals surface area contributed by atoms with Gasteiger partial charge in [-0.15, -0.1) is 0 Å². The van der Waals surface area contributed by atoms with E-state index < -0.39 is 34.3 Å². The quantitative estimate of drug-likeness (QED) is 0.0912. The van der Waals surface area contributed by atoms with Crippen LogP contribution in [0.4, 0.5) is 32.3 Å². The van der Waals surface area contributed by atoms with E-state index in [0.29, 0.717) is 93.0 Å². The maximum absolute atomic E-state index is 13.2. The number of halogens is 4. The molecule has 0 N–H and O–H groups in total. The molecule has 4 aliphatic rings. The van der Waals surface area contributed by atoms with Crippen molar-refractivity contribution < 1.29 is 51.3 Å². The highest BCUT2D eigenvalue weighted by molar-refractivity contribution is 6.29. The summed E-state index contributed by atoms with van der Waals surface area (Å²) in [7, 11) is 0. The van der Waals surface area contributed by atoms with E-state index in [1.54, 1.807) is 72.0 Å². The number of aromatic nitrogens is 26. The monoisotopic (exact) mass is 1850 g/mol. The van der Waals surface area contributed by atoms with Crippen LogP contribution in [0.15, 0.2) is 160 Å². The van der Waals surface area contributed by atoms with Gasteiger partial charge in [0.1, 0.15) is 44.1 Å². The first-order chi connectivity index (χ1) is 63.9. The molecule has 0 aliphatic carbocycles. The number of nitrogens with zero attached hydrogens (tertiary/aromatic N) is 30. The van der Waals surface area contributed by atoms with Crippen LogP contribution >= 0.6 is 11.6 Å². The van der Waals surface area contributed by atoms with Gasteiger partial charge in [0, 0.05) is 135 Å². The fraction of sp³-hybridized carbons (Fsp3) is 0.435. The van der Waals surface area contributed by atoms with E-state index in [1.165, 1.54) is 16.8 Å². The lowest BCUT2D eigenvalue weighted by molar-refractivity contribution is -0.141. The van der Waals surface area contributed by atoms with Gasteiger partial charge in [0.15, 0.2) is 22.6 Å². The Morgan fingerprint density at radius 1 is 0.336 bits per heavy atom. The number of pyridine rings is 3. The SMILES string of the molecule is CC(C)(C)OC(=O)N1CCC(n2cc(-c3cnc4cnn(Cc5cnc6ccc(-c7cnn(C8CCN(C(=O)OC(C)(C)C)CC8)c7)nn56)c4c3)cn2)CC1.CC(C)(C)OC(=O)N1CCC(n2cc(-c3cnc4cnn(Cc5cnc6ccc(C(F)(F)F)nn56)c4c3)cn2)CC1.CC(C)(C)OC(=O)N1CCC(n2cc(-c3cnc4cnn(Cc5cnc6ccc(Cl)nn56)c4c3)cn2)CC1. The van der Waals surface area contributed by atoms with Crippen molar-refractivity contribution in [3.63, 3.8) is 0 Å². The smallest absolute Gasteiger partial charge is 0.435 e. The molecule has 4 amide bonds. The number of fused-ring (bicyclic) bond motifs is 6. The maximum Gasteiger partial charge on any atom is 0.435 e. The highest BCUT2D eigenvalue weighted by Gasteiger charge is 2.36. The number of carbonyl (C=O) groups excluding carboxylic acids is 4. The van der Waals surface area contributed by atoms with Crippen molar-refractivity contribution in [1.29, 1.82) is 0 Å². The van der Waals surface area contributed by atoms with Crippen LogP contribution in [0.3, 0.4) is 0 Å². The summed E-state index contributed by atoms with van der Waals surface area (Å²) in [6.45, 7) is 28.6. The molecule has 42 heteroatoms. The predicted octanol–water partition coefficient (Wildman–Crippen LogP) is 16.0. The van der Waals surface area contributed by atoms with E-state index >= 15 is 0 Å². The number of likely N-dealkylation sites (tertiary alicyclic amines) is 4. The van der Waals surface area contributed by atoms with Gasteiger partial charge in [0.05, 0.1) is 145 Å². The molecule has 134 heavy (non-hydrogen) atoms. The molecule has 16 aromatic heterocycles. The topological polar surface area (TPSA) is 372 Å². The van der Waals surface area contributed by atoms with E-state index in [9.17, 15) is 32.3 Å². The van der Waals surface area contributed by atoms with Gasteiger partial charge in [-0.3, -0.25) is 47.7 Å². The summed E-state index contributed by atoms with van der Waals surface area (Å²) in [6.07, 6.45) is 31.8. The van der Waals surface area contributed by atoms with Gasteiger partial charge < -0.3 is 38.5 Å². The van der Waals surface area contributed by atoms with E-state index in [4.69, 9.17) is 45.7 Å². The zero-order valence-corrected chi connectivity index (χ0v) is 77.2. The standard InChI is InChI=1S/C39H48N12O4.C27H28F3N9O2.C26H28ClN9O2/c1-38(2,3)54-36(52)46-13-9-29(10-14-46)48-23-27(19-42-48)26-17-34-33(40-18-26)22-44-50(34)25-31-21-41-35-8-7-32(45-51(31)35)28-20-43-49(24-28)30-11-15-47(16-12-30)37(53)55-39(4,5)6;1-26(2,3)41-25(40)36-8-6-19(7-9-36)37-15-18(12-33-37)17-10-22-21(31-11-17)14-34-38(22)16-20-13-32-24-5-4-23(27(28,29)30)35-39(20)24;1-26(2,3)38-25(37)33-8-6-19(7-9-33)34-15-18(12-30-34)17-10-22-21(28-11-17)14-31-35(22)16-20-13-29-24-5-4-23(27)32-36(20)24/h7-8,17-24,29-30H,9-16,25H2,1-6H3;4-5,10-15,19H,6-9,16H2,1-3H3;4-5,10-15,19H,6-9,16H2,1-3H3. The average Bonchev–Trinajstić information content (AvgIpc) is 1.64. The van der Waals surface area contributed by atoms with Crippen LogP contribution in [0.1, 0.15) is 181 Å². The van der Waals surface area contributed by atoms with Crippen molar-refractivity contribution in [3.05, 3.63) is 188 Å². The molecule has 38 nitrogen and oxygen atoms in total. The third-order valence-electron chi connectivity index (χ3n) is 23.6. The van der Waals surface area contributed by atoms with E-state index in [-0.39, 0.29) is 55.1 Å². The fourth-order valence-corrected chi connectivity index (χ4v) is 17.0. The molecule has 4 aliphatic heterocycles. The summed E-state index contributed by atoms with van der Waals surface area (Å²) in [5.74, 6) is 0. The van der Waals surface area contributed by atoms with Gasteiger partial charge in [0.25, 0.3) is 0 Å². The molecule has 20 heterocycles. The molecule has 0 spiro atoms. The van der Waals surface area contributed by atoms with Crippen molar-refractivity contribution in [2.75, 3.05) is 52.4 Å². The lowest BCUT2D eigenvalue weighted by Crippen LogP contribution is -2.42. The summed E-state index contributed by atoms with van der Waals surface area (Å²) < 4.78 is 79.9. The minimum Gasteiger partial charge on any atom is -0.444 e. The van der Waals surface area contributed by atoms with Gasteiger partial charge in [-0.05, 0) is 189 Å². The number of imidazole rings is 3. The molecule has 20 rings (SSSR count). The number of piperidine rings is 4. The largest absolute Gasteiger partial charge is 0.444 e. The lowest BCUT2D eigenvalue weighted by atomic mass is 10.1. The third-order valence-corrected chi connectivity index (χ3v) is 23.8. The predicted molar refractivity (Wildman–Crippen MR) is 488 cm³/mol. The first-order valence-electron chi connectivity index (χ1n) is 44.7. The Balaban J connectivity index is 0.000000137. The number of alkyl halides is 3. The molecular formula is C92H104ClF3N30O8. The van der Waals surface area contributed by atoms with E-state index in [2.05, 4.69) is 84.0 Å². The van der Waals surface area contributed by atoms with E-state index in [0.717, 1.165) is 147 Å². The number of carbonyl (C=O) groups is 4. The van der Waals surface area contributed by atoms with Crippen LogP contribution in [0, 0.1) is 0 Å². The summed E-state index contributed by atoms with van der Waals surface area (Å²) in [6, 6.07) is 16.5. The zero-order chi connectivity index (χ0) is 93.9. The van der Waals surface area contributed by atoms with Gasteiger partial charge in [-0.2, -0.15) is 64.2 Å². The number of ether oxygens (including phenoxy) is 4. The summed E-state index contributed by atoms with van der Waals surface area (Å²) >= 11 is 6.09. The minimum absolute atomic E-state index is 0.147. The highest BCUT2D eigenvalue weighted by Crippen LogP contribution is 2.36. The van der Waals surface area contributed by atoms with Gasteiger partial charge in [-0.1, -0.05) is 11.6 Å². The Labute approximate surface area is 771 Å². The van der Waals surface area contributed by atoms with Crippen molar-refractivity contribution in [2.45, 2.75) is 207 Å². The minimum atomic E-state index is -4.56. The number of rotatable bonds is 14. The molecule has 4 fully saturated rings. The van der Waals surface area contributed by atoms with Crippen molar-refractivity contribution in [1.82, 2.24) is 147 Å². The lowest BCUT2D eigenvalue weighted by Gasteiger charge is -2.33. The molecule has 16 aromatic rings. The Bertz CT molecular complexity index is 6810. The number of hydrogen-bond donors (Lipinski definition) is 0. The van der Waals surface area contributed by atoms with Crippen molar-refractivity contribution >= 4 is 86.0 Å². The number of amides is 4. The molecule has 0 saturated carbocycles. The second kappa shape index (κ2) is 36.4. The molecule has 4 saturated heterocycles. The average molecular weight is 1850 g/mol.